The van der Waals surface area contributed by atoms with Crippen molar-refractivity contribution in [3.63, 3.8) is 0 Å². The summed E-state index contributed by atoms with van der Waals surface area (Å²) in [5.74, 6) is -10.0. The summed E-state index contributed by atoms with van der Waals surface area (Å²) >= 11 is 0. The van der Waals surface area contributed by atoms with Crippen LogP contribution in [0.25, 0.3) is 0 Å². The summed E-state index contributed by atoms with van der Waals surface area (Å²) in [4.78, 5) is 126. The molecule has 0 aromatic rings. The topological polar surface area (TPSA) is 339 Å². The second kappa shape index (κ2) is 21.8. The molecule has 1 fully saturated rings. The number of nitrogens with one attached hydrogen (secondary N) is 6. The fourth-order valence-electron chi connectivity index (χ4n) is 5.23. The molecule has 21 heteroatoms. The molecule has 1 aliphatic rings. The number of primary amides is 1. The molecule has 0 spiro atoms. The molecule has 0 aromatic carbocycles. The monoisotopic (exact) mass is 741 g/mol. The van der Waals surface area contributed by atoms with Crippen LogP contribution in [0.3, 0.4) is 0 Å². The fourth-order valence-corrected chi connectivity index (χ4v) is 5.23. The zero-order chi connectivity index (χ0) is 39.7. The maximum Gasteiger partial charge on any atom is 0.322 e. The van der Waals surface area contributed by atoms with Crippen LogP contribution >= 0.6 is 0 Å². The summed E-state index contributed by atoms with van der Waals surface area (Å²) in [6.45, 7) is 5.08. The molecule has 8 amide bonds. The van der Waals surface area contributed by atoms with Crippen molar-refractivity contribution in [3.05, 3.63) is 0 Å². The molecule has 52 heavy (non-hydrogen) atoms. The minimum Gasteiger partial charge on any atom is -0.481 e. The van der Waals surface area contributed by atoms with Crippen molar-refractivity contribution in [2.24, 2.45) is 23.3 Å². The van der Waals surface area contributed by atoms with Crippen LogP contribution in [0.1, 0.15) is 66.2 Å². The standard InChI is InChI=1S/C31H51N9O12/c1-15(2)10-18(38-27(48)19(11-24(44)45)36-23(43)13-34-22(42)12-32)28(49)39-26(16(3)4)30(51)37-17(7-8-21(33)41)31(52)40-9-5-6-20(40)29(50)35-14-25(46)47/h15-20,26H,5-14,32H2,1-4H3,(H2,33,41)(H,34,42)(H,35,50)(H,36,43)(H,37,51)(H,38,48)(H,39,49)(H,44,45)(H,46,47)/t17-,18-,19-,20-,26-/m0/s1. The number of likely N-dealkylation sites (tertiary alicyclic amines) is 1. The Balaban J connectivity index is 3.21. The molecule has 292 valence electrons. The molecule has 1 saturated heterocycles. The molecule has 0 aliphatic carbocycles. The molecule has 0 bridgehead atoms. The maximum absolute atomic E-state index is 13.6. The maximum atomic E-state index is 13.6. The Morgan fingerprint density at radius 1 is 0.750 bits per heavy atom. The smallest absolute Gasteiger partial charge is 0.322 e. The highest BCUT2D eigenvalue weighted by Crippen LogP contribution is 2.20. The van der Waals surface area contributed by atoms with Crippen LogP contribution in [0, 0.1) is 11.8 Å². The highest BCUT2D eigenvalue weighted by atomic mass is 16.4. The quantitative estimate of drug-likeness (QED) is 0.0502. The average molecular weight is 742 g/mol. The molecular formula is C31H51N9O12. The van der Waals surface area contributed by atoms with Gasteiger partial charge in [-0.1, -0.05) is 27.7 Å². The van der Waals surface area contributed by atoms with E-state index in [4.69, 9.17) is 16.6 Å². The van der Waals surface area contributed by atoms with E-state index in [1.54, 1.807) is 27.7 Å². The lowest BCUT2D eigenvalue weighted by molar-refractivity contribution is -0.143. The third-order valence-electron chi connectivity index (χ3n) is 7.80. The minimum atomic E-state index is -1.65. The molecule has 12 N–H and O–H groups in total. The van der Waals surface area contributed by atoms with Gasteiger partial charge in [0, 0.05) is 13.0 Å². The van der Waals surface area contributed by atoms with Crippen LogP contribution in [0.2, 0.25) is 0 Å². The molecule has 5 atom stereocenters. The first-order chi connectivity index (χ1) is 24.3. The van der Waals surface area contributed by atoms with Crippen molar-refractivity contribution in [2.45, 2.75) is 96.4 Å². The first-order valence-electron chi connectivity index (χ1n) is 16.7. The van der Waals surface area contributed by atoms with E-state index in [-0.39, 0.29) is 38.1 Å². The zero-order valence-corrected chi connectivity index (χ0v) is 29.7. The second-order valence-electron chi connectivity index (χ2n) is 13.0. The van der Waals surface area contributed by atoms with Crippen molar-refractivity contribution in [2.75, 3.05) is 26.2 Å². The number of aliphatic carboxylic acids is 2. The van der Waals surface area contributed by atoms with Crippen LogP contribution in [-0.2, 0) is 47.9 Å². The van der Waals surface area contributed by atoms with Gasteiger partial charge in [-0.05, 0) is 37.5 Å². The van der Waals surface area contributed by atoms with Crippen molar-refractivity contribution < 1.29 is 58.2 Å². The van der Waals surface area contributed by atoms with Crippen molar-refractivity contribution in [3.8, 4) is 0 Å². The van der Waals surface area contributed by atoms with Crippen LogP contribution in [0.15, 0.2) is 0 Å². The molecule has 1 heterocycles. The molecule has 0 unspecified atom stereocenters. The molecular weight excluding hydrogens is 690 g/mol. The van der Waals surface area contributed by atoms with Crippen molar-refractivity contribution >= 4 is 59.2 Å². The number of carbonyl (C=O) groups is 10. The summed E-state index contributed by atoms with van der Waals surface area (Å²) in [5, 5.41) is 32.4. The number of hydrogen-bond acceptors (Lipinski definition) is 11. The van der Waals surface area contributed by atoms with Gasteiger partial charge in [0.05, 0.1) is 19.5 Å². The van der Waals surface area contributed by atoms with Gasteiger partial charge in [0.2, 0.25) is 47.3 Å². The fraction of sp³-hybridized carbons (Fsp3) is 0.677. The van der Waals surface area contributed by atoms with Gasteiger partial charge in [0.1, 0.15) is 36.8 Å². The van der Waals surface area contributed by atoms with Crippen molar-refractivity contribution in [1.29, 1.82) is 0 Å². The van der Waals surface area contributed by atoms with Gasteiger partial charge in [0.25, 0.3) is 0 Å². The van der Waals surface area contributed by atoms with Gasteiger partial charge in [-0.3, -0.25) is 47.9 Å². The summed E-state index contributed by atoms with van der Waals surface area (Å²) in [7, 11) is 0. The summed E-state index contributed by atoms with van der Waals surface area (Å²) < 4.78 is 0. The molecule has 0 aromatic heterocycles. The van der Waals surface area contributed by atoms with Crippen LogP contribution < -0.4 is 43.4 Å². The normalized spacial score (nSPS) is 16.1. The predicted octanol–water partition coefficient (Wildman–Crippen LogP) is -4.37. The summed E-state index contributed by atoms with van der Waals surface area (Å²) in [5.41, 5.74) is 10.5. The van der Waals surface area contributed by atoms with E-state index in [2.05, 4.69) is 31.9 Å². The van der Waals surface area contributed by atoms with E-state index in [1.807, 2.05) is 0 Å². The number of amides is 8. The van der Waals surface area contributed by atoms with E-state index < -0.39 is 121 Å². The third-order valence-corrected chi connectivity index (χ3v) is 7.80. The van der Waals surface area contributed by atoms with E-state index >= 15 is 0 Å². The van der Waals surface area contributed by atoms with Gasteiger partial charge >= 0.3 is 11.9 Å². The van der Waals surface area contributed by atoms with E-state index in [0.29, 0.717) is 6.42 Å². The Hall–Kier alpha value is -5.34. The second-order valence-corrected chi connectivity index (χ2v) is 13.0. The highest BCUT2D eigenvalue weighted by Gasteiger charge is 2.39. The molecule has 0 saturated carbocycles. The summed E-state index contributed by atoms with van der Waals surface area (Å²) in [6.07, 6.45) is -0.794. The van der Waals surface area contributed by atoms with Gasteiger partial charge in [0.15, 0.2) is 0 Å². The molecule has 1 aliphatic heterocycles. The van der Waals surface area contributed by atoms with E-state index in [0.717, 1.165) is 0 Å². The Bertz CT molecular complexity index is 1360. The van der Waals surface area contributed by atoms with Gasteiger partial charge in [-0.25, -0.2) is 0 Å². The SMILES string of the molecule is CC(C)C[C@H](NC(=O)[C@H](CC(=O)O)NC(=O)CNC(=O)CN)C(=O)N[C@H](C(=O)N[C@@H](CCC(N)=O)C(=O)N1CCC[C@H]1C(=O)NCC(=O)O)C(C)C. The lowest BCUT2D eigenvalue weighted by atomic mass is 9.98. The molecule has 21 nitrogen and oxygen atoms in total. The third kappa shape index (κ3) is 15.7. The number of nitrogens with zero attached hydrogens (tertiary/aromatic N) is 1. The zero-order valence-electron chi connectivity index (χ0n) is 29.7. The number of nitrogens with two attached hydrogens (primary N) is 2. The van der Waals surface area contributed by atoms with Gasteiger partial charge in [-0.15, -0.1) is 0 Å². The van der Waals surface area contributed by atoms with Crippen LogP contribution in [0.4, 0.5) is 0 Å². The highest BCUT2D eigenvalue weighted by molar-refractivity contribution is 5.98. The average Bonchev–Trinajstić information content (AvgIpc) is 3.55. The number of carboxylic acids is 2. The van der Waals surface area contributed by atoms with E-state index in [9.17, 15) is 53.1 Å². The van der Waals surface area contributed by atoms with E-state index in [1.165, 1.54) is 4.90 Å². The number of hydrogen-bond donors (Lipinski definition) is 10. The molecule has 0 radical (unpaired) electrons. The first-order valence-corrected chi connectivity index (χ1v) is 16.7. The Morgan fingerprint density at radius 3 is 1.90 bits per heavy atom. The number of carboxylic acid groups (broad SMARTS) is 2. The van der Waals surface area contributed by atoms with Gasteiger partial charge < -0.3 is 58.5 Å². The lowest BCUT2D eigenvalue weighted by Gasteiger charge is -2.31. The number of rotatable bonds is 22. The Kier molecular flexibility index (Phi) is 18.7. The largest absolute Gasteiger partial charge is 0.481 e. The lowest BCUT2D eigenvalue weighted by Crippen LogP contribution is -2.60. The van der Waals surface area contributed by atoms with Crippen LogP contribution in [-0.4, -0.2) is 131 Å². The minimum absolute atomic E-state index is 0.0182. The number of carbonyl (C=O) groups excluding carboxylic acids is 8. The van der Waals surface area contributed by atoms with Crippen molar-refractivity contribution in [1.82, 2.24) is 36.8 Å². The predicted molar refractivity (Wildman–Crippen MR) is 180 cm³/mol. The molecule has 1 rings (SSSR count). The summed E-state index contributed by atoms with van der Waals surface area (Å²) in [6, 6.07) is -6.68. The van der Waals surface area contributed by atoms with Gasteiger partial charge in [-0.2, -0.15) is 0 Å². The Labute approximate surface area is 300 Å². The first kappa shape index (κ1) is 44.7. The Morgan fingerprint density at radius 2 is 1.37 bits per heavy atom. The van der Waals surface area contributed by atoms with Crippen LogP contribution in [0.5, 0.6) is 0 Å².